The van der Waals surface area contributed by atoms with Crippen LogP contribution in [-0.2, 0) is 0 Å². The van der Waals surface area contributed by atoms with Crippen molar-refractivity contribution in [1.82, 2.24) is 10.3 Å². The molecule has 0 atom stereocenters. The standard InChI is InChI=1S/C18H18ClN3O4/c1-4-6-21-17(23)11-5-7-20-14(8-11)18(24)22-13-10-15(25-2)12(19)9-16(13)26-3/h4-5,7-10H,1,6H2,2-3H3,(H,21,23)(H,22,24). The van der Waals surface area contributed by atoms with Gasteiger partial charge in [0.2, 0.25) is 0 Å². The number of halogens is 1. The predicted molar refractivity (Wildman–Crippen MR) is 99.3 cm³/mol. The van der Waals surface area contributed by atoms with Crippen LogP contribution in [-0.4, -0.2) is 37.6 Å². The first-order valence-electron chi connectivity index (χ1n) is 7.58. The van der Waals surface area contributed by atoms with E-state index in [1.54, 1.807) is 12.1 Å². The lowest BCUT2D eigenvalue weighted by Gasteiger charge is -2.13. The molecule has 2 aromatic rings. The van der Waals surface area contributed by atoms with Gasteiger partial charge in [0.05, 0.1) is 24.9 Å². The van der Waals surface area contributed by atoms with E-state index in [4.69, 9.17) is 21.1 Å². The van der Waals surface area contributed by atoms with Crippen LogP contribution in [0.3, 0.4) is 0 Å². The van der Waals surface area contributed by atoms with Crippen LogP contribution in [0.15, 0.2) is 43.1 Å². The Labute approximate surface area is 156 Å². The minimum atomic E-state index is -0.508. The molecule has 2 N–H and O–H groups in total. The Morgan fingerprint density at radius 3 is 2.58 bits per heavy atom. The number of carbonyl (C=O) groups excluding carboxylic acids is 2. The number of hydrogen-bond acceptors (Lipinski definition) is 5. The van der Waals surface area contributed by atoms with Gasteiger partial charge in [0.15, 0.2) is 0 Å². The number of ether oxygens (including phenoxy) is 2. The topological polar surface area (TPSA) is 89.6 Å². The summed E-state index contributed by atoms with van der Waals surface area (Å²) in [4.78, 5) is 28.5. The quantitative estimate of drug-likeness (QED) is 0.726. The van der Waals surface area contributed by atoms with Gasteiger partial charge in [-0.05, 0) is 12.1 Å². The van der Waals surface area contributed by atoms with Crippen LogP contribution < -0.4 is 20.1 Å². The van der Waals surface area contributed by atoms with Gasteiger partial charge in [-0.3, -0.25) is 14.6 Å². The fourth-order valence-electron chi connectivity index (χ4n) is 2.11. The molecule has 0 saturated heterocycles. The fraction of sp³-hybridized carbons (Fsp3) is 0.167. The second-order valence-corrected chi connectivity index (χ2v) is 5.48. The second kappa shape index (κ2) is 8.87. The lowest BCUT2D eigenvalue weighted by molar-refractivity contribution is 0.0958. The summed E-state index contributed by atoms with van der Waals surface area (Å²) in [6, 6.07) is 5.98. The molecule has 2 rings (SSSR count). The lowest BCUT2D eigenvalue weighted by atomic mass is 10.2. The molecule has 0 saturated carbocycles. The summed E-state index contributed by atoms with van der Waals surface area (Å²) in [5.74, 6) is -0.0875. The number of aromatic nitrogens is 1. The van der Waals surface area contributed by atoms with Crippen molar-refractivity contribution in [2.24, 2.45) is 0 Å². The lowest BCUT2D eigenvalue weighted by Crippen LogP contribution is -2.24. The van der Waals surface area contributed by atoms with Crippen LogP contribution in [0.5, 0.6) is 11.5 Å². The van der Waals surface area contributed by atoms with Crippen molar-refractivity contribution in [3.05, 3.63) is 59.4 Å². The Morgan fingerprint density at radius 2 is 1.92 bits per heavy atom. The zero-order valence-electron chi connectivity index (χ0n) is 14.3. The molecular weight excluding hydrogens is 358 g/mol. The van der Waals surface area contributed by atoms with E-state index >= 15 is 0 Å². The summed E-state index contributed by atoms with van der Waals surface area (Å²) in [6.07, 6.45) is 2.95. The number of rotatable bonds is 7. The maximum Gasteiger partial charge on any atom is 0.274 e. The van der Waals surface area contributed by atoms with Crippen LogP contribution in [0.4, 0.5) is 5.69 Å². The number of carbonyl (C=O) groups is 2. The molecule has 0 aliphatic carbocycles. The molecular formula is C18H18ClN3O4. The summed E-state index contributed by atoms with van der Waals surface area (Å²) in [6.45, 7) is 3.86. The number of methoxy groups -OCH3 is 2. The maximum atomic E-state index is 12.5. The van der Waals surface area contributed by atoms with Gasteiger partial charge in [-0.2, -0.15) is 0 Å². The van der Waals surface area contributed by atoms with Gasteiger partial charge in [0.1, 0.15) is 17.2 Å². The normalized spacial score (nSPS) is 9.96. The monoisotopic (exact) mass is 375 g/mol. The highest BCUT2D eigenvalue weighted by atomic mass is 35.5. The second-order valence-electron chi connectivity index (χ2n) is 5.07. The predicted octanol–water partition coefficient (Wildman–Crippen LogP) is 2.92. The summed E-state index contributed by atoms with van der Waals surface area (Å²) >= 11 is 6.05. The Hall–Kier alpha value is -3.06. The molecule has 26 heavy (non-hydrogen) atoms. The number of nitrogens with zero attached hydrogens (tertiary/aromatic N) is 1. The van der Waals surface area contributed by atoms with Crippen LogP contribution in [0, 0.1) is 0 Å². The molecule has 7 nitrogen and oxygen atoms in total. The summed E-state index contributed by atoms with van der Waals surface area (Å²) in [5.41, 5.74) is 0.752. The van der Waals surface area contributed by atoms with Crippen molar-refractivity contribution in [3.63, 3.8) is 0 Å². The summed E-state index contributed by atoms with van der Waals surface area (Å²) in [5, 5.41) is 5.66. The van der Waals surface area contributed by atoms with E-state index in [9.17, 15) is 9.59 Å². The largest absolute Gasteiger partial charge is 0.495 e. The van der Waals surface area contributed by atoms with Crippen LogP contribution in [0.2, 0.25) is 5.02 Å². The van der Waals surface area contributed by atoms with Crippen molar-refractivity contribution in [2.45, 2.75) is 0 Å². The Kier molecular flexibility index (Phi) is 6.57. The minimum absolute atomic E-state index is 0.0761. The minimum Gasteiger partial charge on any atom is -0.495 e. The number of benzene rings is 1. The molecule has 1 aromatic heterocycles. The third kappa shape index (κ3) is 4.52. The van der Waals surface area contributed by atoms with Crippen molar-refractivity contribution in [2.75, 3.05) is 26.1 Å². The molecule has 0 bridgehead atoms. The maximum absolute atomic E-state index is 12.5. The Bertz CT molecular complexity index is 839. The van der Waals surface area contributed by atoms with Crippen molar-refractivity contribution in [3.8, 4) is 11.5 Å². The van der Waals surface area contributed by atoms with Crippen molar-refractivity contribution < 1.29 is 19.1 Å². The smallest absolute Gasteiger partial charge is 0.274 e. The van der Waals surface area contributed by atoms with Crippen LogP contribution >= 0.6 is 11.6 Å². The molecule has 1 aromatic carbocycles. The van der Waals surface area contributed by atoms with E-state index in [1.807, 2.05) is 0 Å². The van der Waals surface area contributed by atoms with Gasteiger partial charge in [0.25, 0.3) is 11.8 Å². The van der Waals surface area contributed by atoms with Gasteiger partial charge in [-0.15, -0.1) is 6.58 Å². The molecule has 0 fully saturated rings. The Morgan fingerprint density at radius 1 is 1.19 bits per heavy atom. The summed E-state index contributed by atoms with van der Waals surface area (Å²) in [7, 11) is 2.92. The van der Waals surface area contributed by atoms with E-state index in [0.29, 0.717) is 34.3 Å². The van der Waals surface area contributed by atoms with Crippen LogP contribution in [0.25, 0.3) is 0 Å². The Balaban J connectivity index is 2.25. The average Bonchev–Trinajstić information content (AvgIpc) is 2.66. The van der Waals surface area contributed by atoms with E-state index in [-0.39, 0.29) is 11.6 Å². The van der Waals surface area contributed by atoms with E-state index < -0.39 is 5.91 Å². The van der Waals surface area contributed by atoms with Gasteiger partial charge < -0.3 is 20.1 Å². The average molecular weight is 376 g/mol. The van der Waals surface area contributed by atoms with E-state index in [0.717, 1.165) is 0 Å². The molecule has 0 aliphatic heterocycles. The molecule has 1 heterocycles. The number of amides is 2. The number of anilines is 1. The van der Waals surface area contributed by atoms with E-state index in [2.05, 4.69) is 22.2 Å². The first kappa shape index (κ1) is 19.3. The molecule has 8 heteroatoms. The van der Waals surface area contributed by atoms with Gasteiger partial charge in [-0.25, -0.2) is 0 Å². The van der Waals surface area contributed by atoms with Crippen molar-refractivity contribution >= 4 is 29.1 Å². The third-order valence-electron chi connectivity index (χ3n) is 3.38. The highest BCUT2D eigenvalue weighted by Gasteiger charge is 2.16. The fourth-order valence-corrected chi connectivity index (χ4v) is 2.34. The van der Waals surface area contributed by atoms with E-state index in [1.165, 1.54) is 38.6 Å². The van der Waals surface area contributed by atoms with Crippen molar-refractivity contribution in [1.29, 1.82) is 0 Å². The highest BCUT2D eigenvalue weighted by Crippen LogP contribution is 2.36. The molecule has 136 valence electrons. The van der Waals surface area contributed by atoms with Gasteiger partial charge in [0, 0.05) is 30.4 Å². The SMILES string of the molecule is C=CCNC(=O)c1ccnc(C(=O)Nc2cc(OC)c(Cl)cc2OC)c1. The zero-order valence-corrected chi connectivity index (χ0v) is 15.1. The molecule has 0 radical (unpaired) electrons. The summed E-state index contributed by atoms with van der Waals surface area (Å²) < 4.78 is 10.4. The third-order valence-corrected chi connectivity index (χ3v) is 3.68. The highest BCUT2D eigenvalue weighted by molar-refractivity contribution is 6.32. The first-order chi connectivity index (χ1) is 12.5. The van der Waals surface area contributed by atoms with Crippen LogP contribution in [0.1, 0.15) is 20.8 Å². The molecule has 0 unspecified atom stereocenters. The van der Waals surface area contributed by atoms with Gasteiger partial charge >= 0.3 is 0 Å². The first-order valence-corrected chi connectivity index (χ1v) is 7.96. The van der Waals surface area contributed by atoms with Gasteiger partial charge in [-0.1, -0.05) is 17.7 Å². The zero-order chi connectivity index (χ0) is 19.1. The molecule has 0 aliphatic rings. The molecule has 0 spiro atoms. The number of nitrogens with one attached hydrogen (secondary N) is 2. The number of pyridine rings is 1. The molecule has 2 amide bonds. The number of hydrogen-bond donors (Lipinski definition) is 2.